The Morgan fingerprint density at radius 2 is 2.06 bits per heavy atom. The standard InChI is InChI=1S/C25H31F2N5O3/c1-16(17-5-3-6-18(13-17)25(26,27)21-7-4-10-35-21)31-23(28)20-14-19(32-8-11-34-12-9-32)15-30-22(20)24(33)29-2/h3,5-6,13-16,21H,4,7-12H2,1-2H3,(H2,28,31)(H,29,33)/t16-,21?/m1/s1. The highest BCUT2D eigenvalue weighted by molar-refractivity contribution is 6.08. The number of pyridine rings is 1. The zero-order valence-electron chi connectivity index (χ0n) is 20.0. The minimum atomic E-state index is -3.09. The molecule has 0 spiro atoms. The van der Waals surface area contributed by atoms with Crippen LogP contribution in [0.25, 0.3) is 0 Å². The van der Waals surface area contributed by atoms with Crippen LogP contribution < -0.4 is 16.0 Å². The Labute approximate surface area is 203 Å². The lowest BCUT2D eigenvalue weighted by atomic mass is 9.97. The van der Waals surface area contributed by atoms with Crippen molar-refractivity contribution in [2.75, 3.05) is 44.9 Å². The predicted molar refractivity (Wildman–Crippen MR) is 129 cm³/mol. The fraction of sp³-hybridized carbons (Fsp3) is 0.480. The van der Waals surface area contributed by atoms with E-state index in [9.17, 15) is 13.6 Å². The van der Waals surface area contributed by atoms with Crippen LogP contribution in [0.15, 0.2) is 41.5 Å². The number of benzene rings is 1. The van der Waals surface area contributed by atoms with Crippen LogP contribution in [0.1, 0.15) is 53.0 Å². The number of alkyl halides is 2. The third kappa shape index (κ3) is 5.43. The first-order valence-corrected chi connectivity index (χ1v) is 11.8. The van der Waals surface area contributed by atoms with Crippen LogP contribution in [-0.2, 0) is 15.4 Å². The highest BCUT2D eigenvalue weighted by Crippen LogP contribution is 2.39. The molecule has 0 radical (unpaired) electrons. The second kappa shape index (κ2) is 10.7. The smallest absolute Gasteiger partial charge is 0.298 e. The molecule has 3 N–H and O–H groups in total. The molecule has 3 heterocycles. The van der Waals surface area contributed by atoms with E-state index in [0.29, 0.717) is 56.9 Å². The number of carbonyl (C=O) groups is 1. The molecule has 1 unspecified atom stereocenters. The number of morpholine rings is 1. The van der Waals surface area contributed by atoms with Gasteiger partial charge in [-0.3, -0.25) is 9.79 Å². The molecule has 2 fully saturated rings. The Morgan fingerprint density at radius 1 is 1.29 bits per heavy atom. The number of hydrogen-bond acceptors (Lipinski definition) is 6. The molecule has 2 aromatic rings. The molecule has 2 aliphatic heterocycles. The molecule has 1 aromatic carbocycles. The number of rotatable bonds is 7. The van der Waals surface area contributed by atoms with E-state index in [1.807, 2.05) is 0 Å². The first-order chi connectivity index (χ1) is 16.8. The second-order valence-corrected chi connectivity index (χ2v) is 8.71. The molecule has 0 bridgehead atoms. The van der Waals surface area contributed by atoms with Gasteiger partial charge in [-0.05, 0) is 37.5 Å². The molecule has 2 saturated heterocycles. The van der Waals surface area contributed by atoms with E-state index in [1.54, 1.807) is 31.3 Å². The summed E-state index contributed by atoms with van der Waals surface area (Å²) in [5, 5.41) is 2.57. The van der Waals surface area contributed by atoms with Crippen molar-refractivity contribution in [1.82, 2.24) is 10.3 Å². The van der Waals surface area contributed by atoms with Crippen LogP contribution >= 0.6 is 0 Å². The zero-order valence-corrected chi connectivity index (χ0v) is 20.0. The van der Waals surface area contributed by atoms with Gasteiger partial charge in [0.25, 0.3) is 11.8 Å². The van der Waals surface area contributed by atoms with Gasteiger partial charge in [0.2, 0.25) is 0 Å². The van der Waals surface area contributed by atoms with Gasteiger partial charge in [0.1, 0.15) is 17.6 Å². The van der Waals surface area contributed by atoms with Crippen LogP contribution in [0.2, 0.25) is 0 Å². The molecule has 35 heavy (non-hydrogen) atoms. The van der Waals surface area contributed by atoms with Crippen molar-refractivity contribution in [2.24, 2.45) is 10.7 Å². The summed E-state index contributed by atoms with van der Waals surface area (Å²) >= 11 is 0. The van der Waals surface area contributed by atoms with Crippen molar-refractivity contribution >= 4 is 17.4 Å². The third-order valence-corrected chi connectivity index (χ3v) is 6.39. The maximum atomic E-state index is 15.0. The van der Waals surface area contributed by atoms with Gasteiger partial charge >= 0.3 is 0 Å². The minimum Gasteiger partial charge on any atom is -0.383 e. The molecule has 1 aromatic heterocycles. The molecule has 4 rings (SSSR count). The number of amidine groups is 1. The quantitative estimate of drug-likeness (QED) is 0.460. The Bertz CT molecular complexity index is 1080. The lowest BCUT2D eigenvalue weighted by molar-refractivity contribution is -0.122. The number of nitrogens with zero attached hydrogens (tertiary/aromatic N) is 3. The van der Waals surface area contributed by atoms with Crippen LogP contribution in [0.3, 0.4) is 0 Å². The number of amides is 1. The number of aromatic nitrogens is 1. The van der Waals surface area contributed by atoms with Crippen molar-refractivity contribution < 1.29 is 23.0 Å². The fourth-order valence-electron chi connectivity index (χ4n) is 4.35. The topological polar surface area (TPSA) is 102 Å². The monoisotopic (exact) mass is 487 g/mol. The summed E-state index contributed by atoms with van der Waals surface area (Å²) in [6, 6.07) is 7.44. The van der Waals surface area contributed by atoms with E-state index >= 15 is 0 Å². The lowest BCUT2D eigenvalue weighted by Gasteiger charge is -2.29. The Hall–Kier alpha value is -3.11. The second-order valence-electron chi connectivity index (χ2n) is 8.71. The van der Waals surface area contributed by atoms with Crippen molar-refractivity contribution in [2.45, 2.75) is 37.8 Å². The molecular formula is C25H31F2N5O3. The molecule has 188 valence electrons. The third-order valence-electron chi connectivity index (χ3n) is 6.39. The van der Waals surface area contributed by atoms with Crippen LogP contribution in [-0.4, -0.2) is 62.8 Å². The highest BCUT2D eigenvalue weighted by atomic mass is 19.3. The van der Waals surface area contributed by atoms with Crippen molar-refractivity contribution in [1.29, 1.82) is 0 Å². The van der Waals surface area contributed by atoms with Crippen LogP contribution in [0.5, 0.6) is 0 Å². The molecular weight excluding hydrogens is 456 g/mol. The fourth-order valence-corrected chi connectivity index (χ4v) is 4.35. The molecule has 0 aliphatic carbocycles. The number of aliphatic imine (C=N–C) groups is 1. The molecule has 1 amide bonds. The van der Waals surface area contributed by atoms with E-state index in [-0.39, 0.29) is 17.1 Å². The molecule has 2 aliphatic rings. The number of nitrogens with two attached hydrogens (primary N) is 1. The van der Waals surface area contributed by atoms with Gasteiger partial charge < -0.3 is 25.4 Å². The number of anilines is 1. The van der Waals surface area contributed by atoms with Crippen LogP contribution in [0, 0.1) is 0 Å². The first-order valence-electron chi connectivity index (χ1n) is 11.8. The Morgan fingerprint density at radius 3 is 2.74 bits per heavy atom. The van der Waals surface area contributed by atoms with E-state index in [2.05, 4.69) is 20.2 Å². The van der Waals surface area contributed by atoms with Crippen molar-refractivity contribution in [3.63, 3.8) is 0 Å². The van der Waals surface area contributed by atoms with Gasteiger partial charge in [0, 0.05) is 37.9 Å². The minimum absolute atomic E-state index is 0.106. The van der Waals surface area contributed by atoms with Gasteiger partial charge in [-0.25, -0.2) is 4.98 Å². The summed E-state index contributed by atoms with van der Waals surface area (Å²) in [6.45, 7) is 4.70. The van der Waals surface area contributed by atoms with Gasteiger partial charge in [-0.15, -0.1) is 0 Å². The SMILES string of the molecule is CNC(=O)c1ncc(N2CCOCC2)cc1C(N)=N[C@H](C)c1cccc(C(F)(F)C2CCCO2)c1. The maximum absolute atomic E-state index is 15.0. The average molecular weight is 488 g/mol. The summed E-state index contributed by atoms with van der Waals surface area (Å²) < 4.78 is 40.6. The number of nitrogens with one attached hydrogen (secondary N) is 1. The Balaban J connectivity index is 1.63. The highest BCUT2D eigenvalue weighted by Gasteiger charge is 2.44. The lowest BCUT2D eigenvalue weighted by Crippen LogP contribution is -2.36. The van der Waals surface area contributed by atoms with E-state index in [1.165, 1.54) is 19.2 Å². The Kier molecular flexibility index (Phi) is 7.61. The molecule has 2 atom stereocenters. The molecule has 8 nitrogen and oxygen atoms in total. The number of carbonyl (C=O) groups excluding carboxylic acids is 1. The van der Waals surface area contributed by atoms with Gasteiger partial charge in [-0.1, -0.05) is 18.2 Å². The zero-order chi connectivity index (χ0) is 25.0. The van der Waals surface area contributed by atoms with Crippen molar-refractivity contribution in [3.05, 3.63) is 58.9 Å². The predicted octanol–water partition coefficient (Wildman–Crippen LogP) is 3.02. The average Bonchev–Trinajstić information content (AvgIpc) is 3.44. The largest absolute Gasteiger partial charge is 0.383 e. The van der Waals surface area contributed by atoms with Gasteiger partial charge in [0.15, 0.2) is 0 Å². The van der Waals surface area contributed by atoms with Gasteiger partial charge in [-0.2, -0.15) is 8.78 Å². The maximum Gasteiger partial charge on any atom is 0.298 e. The van der Waals surface area contributed by atoms with E-state index < -0.39 is 24.0 Å². The van der Waals surface area contributed by atoms with Crippen molar-refractivity contribution in [3.8, 4) is 0 Å². The summed E-state index contributed by atoms with van der Waals surface area (Å²) in [6.07, 6.45) is 1.47. The first kappa shape index (κ1) is 25.0. The summed E-state index contributed by atoms with van der Waals surface area (Å²) in [5.41, 5.74) is 8.19. The van der Waals surface area contributed by atoms with E-state index in [4.69, 9.17) is 15.2 Å². The number of halogens is 2. The normalized spacial score (nSPS) is 20.1. The molecule has 0 saturated carbocycles. The summed E-state index contributed by atoms with van der Waals surface area (Å²) in [4.78, 5) is 23.5. The molecule has 10 heteroatoms. The van der Waals surface area contributed by atoms with Crippen LogP contribution in [0.4, 0.5) is 14.5 Å². The summed E-state index contributed by atoms with van der Waals surface area (Å²) in [7, 11) is 1.51. The van der Waals surface area contributed by atoms with E-state index in [0.717, 1.165) is 5.69 Å². The number of hydrogen-bond donors (Lipinski definition) is 2. The summed E-state index contributed by atoms with van der Waals surface area (Å²) in [5.74, 6) is -3.38. The van der Waals surface area contributed by atoms with Gasteiger partial charge in [0.05, 0.1) is 31.1 Å². The number of ether oxygens (including phenoxy) is 2.